The van der Waals surface area contributed by atoms with Crippen LogP contribution in [0.4, 0.5) is 5.69 Å². The summed E-state index contributed by atoms with van der Waals surface area (Å²) in [6.45, 7) is 9.55. The van der Waals surface area contributed by atoms with Gasteiger partial charge in [-0.1, -0.05) is 19.9 Å². The molecule has 1 heterocycles. The van der Waals surface area contributed by atoms with Crippen molar-refractivity contribution in [1.29, 1.82) is 0 Å². The fourth-order valence-electron chi connectivity index (χ4n) is 2.63. The average Bonchev–Trinajstić information content (AvgIpc) is 2.48. The lowest BCUT2D eigenvalue weighted by molar-refractivity contribution is 0.0996. The summed E-state index contributed by atoms with van der Waals surface area (Å²) in [5.41, 5.74) is 1.21. The summed E-state index contributed by atoms with van der Waals surface area (Å²) >= 11 is 0. The molecule has 1 saturated heterocycles. The Morgan fingerprint density at radius 1 is 1.20 bits per heavy atom. The maximum absolute atomic E-state index is 9.36. The van der Waals surface area contributed by atoms with Crippen LogP contribution in [0.25, 0.3) is 0 Å². The van der Waals surface area contributed by atoms with Gasteiger partial charge in [0.2, 0.25) is 0 Å². The van der Waals surface area contributed by atoms with Gasteiger partial charge in [-0.3, -0.25) is 4.90 Å². The van der Waals surface area contributed by atoms with Crippen molar-refractivity contribution >= 4 is 5.69 Å². The smallest absolute Gasteiger partial charge is 0.120 e. The fraction of sp³-hybridized carbons (Fsp3) is 0.625. The predicted octanol–water partition coefficient (Wildman–Crippen LogP) is 1.84. The standard InChI is InChI=1S/C16H26N2O2/c1-16(2,13-19)12-17-7-9-18(10-8-17)14-5-4-6-15(11-14)20-3/h4-6,11,19H,7-10,12-13H2,1-3H3. The van der Waals surface area contributed by atoms with E-state index >= 15 is 0 Å². The van der Waals surface area contributed by atoms with Crippen LogP contribution in [-0.4, -0.2) is 56.4 Å². The highest BCUT2D eigenvalue weighted by Crippen LogP contribution is 2.23. The lowest BCUT2D eigenvalue weighted by atomic mass is 9.94. The van der Waals surface area contributed by atoms with E-state index in [4.69, 9.17) is 4.74 Å². The Kier molecular flexibility index (Phi) is 4.89. The number of benzene rings is 1. The molecule has 0 spiro atoms. The zero-order chi connectivity index (χ0) is 14.6. The van der Waals surface area contributed by atoms with Crippen LogP contribution in [0.3, 0.4) is 0 Å². The molecule has 0 amide bonds. The SMILES string of the molecule is COc1cccc(N2CCN(CC(C)(C)CO)CC2)c1. The van der Waals surface area contributed by atoms with Gasteiger partial charge in [0.1, 0.15) is 5.75 Å². The largest absolute Gasteiger partial charge is 0.497 e. The fourth-order valence-corrected chi connectivity index (χ4v) is 2.63. The van der Waals surface area contributed by atoms with Crippen LogP contribution in [0, 0.1) is 5.41 Å². The molecule has 0 aromatic heterocycles. The summed E-state index contributed by atoms with van der Waals surface area (Å²) in [6.07, 6.45) is 0. The topological polar surface area (TPSA) is 35.9 Å². The molecule has 20 heavy (non-hydrogen) atoms. The average molecular weight is 278 g/mol. The van der Waals surface area contributed by atoms with Gasteiger partial charge >= 0.3 is 0 Å². The number of aliphatic hydroxyl groups is 1. The van der Waals surface area contributed by atoms with E-state index in [2.05, 4.69) is 35.8 Å². The molecule has 1 aliphatic rings. The van der Waals surface area contributed by atoms with Crippen LogP contribution in [-0.2, 0) is 0 Å². The van der Waals surface area contributed by atoms with Gasteiger partial charge in [0, 0.05) is 56.5 Å². The van der Waals surface area contributed by atoms with Gasteiger partial charge in [-0.15, -0.1) is 0 Å². The summed E-state index contributed by atoms with van der Waals surface area (Å²) in [4.78, 5) is 4.83. The minimum atomic E-state index is -0.0157. The quantitative estimate of drug-likeness (QED) is 0.891. The van der Waals surface area contributed by atoms with Gasteiger partial charge in [-0.2, -0.15) is 0 Å². The molecule has 1 N–H and O–H groups in total. The zero-order valence-electron chi connectivity index (χ0n) is 12.8. The number of nitrogens with zero attached hydrogens (tertiary/aromatic N) is 2. The summed E-state index contributed by atoms with van der Waals surface area (Å²) in [6, 6.07) is 8.24. The number of hydrogen-bond acceptors (Lipinski definition) is 4. The highest BCUT2D eigenvalue weighted by molar-refractivity contribution is 5.51. The van der Waals surface area contributed by atoms with E-state index in [-0.39, 0.29) is 12.0 Å². The molecular formula is C16H26N2O2. The molecule has 0 radical (unpaired) electrons. The van der Waals surface area contributed by atoms with Crippen molar-refractivity contribution < 1.29 is 9.84 Å². The van der Waals surface area contributed by atoms with Crippen LogP contribution in [0.5, 0.6) is 5.75 Å². The minimum Gasteiger partial charge on any atom is -0.497 e. The first-order valence-corrected chi connectivity index (χ1v) is 7.26. The number of methoxy groups -OCH3 is 1. The molecule has 0 aliphatic carbocycles. The van der Waals surface area contributed by atoms with Gasteiger partial charge in [0.25, 0.3) is 0 Å². The number of hydrogen-bond donors (Lipinski definition) is 1. The Balaban J connectivity index is 1.90. The van der Waals surface area contributed by atoms with Crippen molar-refractivity contribution in [3.05, 3.63) is 24.3 Å². The third-order valence-corrected chi connectivity index (χ3v) is 3.87. The first kappa shape index (κ1) is 15.1. The monoisotopic (exact) mass is 278 g/mol. The van der Waals surface area contributed by atoms with Crippen molar-refractivity contribution in [2.75, 3.05) is 51.3 Å². The number of aliphatic hydroxyl groups excluding tert-OH is 1. The first-order valence-electron chi connectivity index (χ1n) is 7.26. The van der Waals surface area contributed by atoms with E-state index in [1.807, 2.05) is 12.1 Å². The molecule has 4 nitrogen and oxygen atoms in total. The lowest BCUT2D eigenvalue weighted by Crippen LogP contribution is -2.49. The lowest BCUT2D eigenvalue weighted by Gasteiger charge is -2.39. The molecule has 1 aromatic rings. The normalized spacial score (nSPS) is 17.3. The van der Waals surface area contributed by atoms with Crippen molar-refractivity contribution in [1.82, 2.24) is 4.90 Å². The molecule has 2 rings (SSSR count). The second kappa shape index (κ2) is 6.46. The number of piperazine rings is 1. The Morgan fingerprint density at radius 3 is 2.50 bits per heavy atom. The van der Waals surface area contributed by atoms with Gasteiger partial charge in [0.05, 0.1) is 7.11 Å². The van der Waals surface area contributed by atoms with Crippen molar-refractivity contribution in [3.63, 3.8) is 0 Å². The Morgan fingerprint density at radius 2 is 1.90 bits per heavy atom. The number of anilines is 1. The highest BCUT2D eigenvalue weighted by atomic mass is 16.5. The summed E-state index contributed by atoms with van der Waals surface area (Å²) in [7, 11) is 1.70. The maximum atomic E-state index is 9.36. The minimum absolute atomic E-state index is 0.0157. The molecule has 0 atom stereocenters. The third-order valence-electron chi connectivity index (χ3n) is 3.87. The van der Waals surface area contributed by atoms with Crippen LogP contribution >= 0.6 is 0 Å². The van der Waals surface area contributed by atoms with E-state index in [0.717, 1.165) is 38.5 Å². The van der Waals surface area contributed by atoms with Crippen LogP contribution < -0.4 is 9.64 Å². The van der Waals surface area contributed by atoms with E-state index in [0.29, 0.717) is 0 Å². The molecule has 4 heteroatoms. The first-order chi connectivity index (χ1) is 9.54. The molecule has 0 bridgehead atoms. The van der Waals surface area contributed by atoms with Crippen LogP contribution in [0.15, 0.2) is 24.3 Å². The number of rotatable bonds is 5. The summed E-state index contributed by atoms with van der Waals surface area (Å²) < 4.78 is 5.28. The van der Waals surface area contributed by atoms with Crippen molar-refractivity contribution in [2.45, 2.75) is 13.8 Å². The van der Waals surface area contributed by atoms with Crippen molar-refractivity contribution in [3.8, 4) is 5.75 Å². The predicted molar refractivity (Wildman–Crippen MR) is 82.5 cm³/mol. The summed E-state index contributed by atoms with van der Waals surface area (Å²) in [5, 5.41) is 9.36. The van der Waals surface area contributed by atoms with Crippen molar-refractivity contribution in [2.24, 2.45) is 5.41 Å². The van der Waals surface area contributed by atoms with E-state index in [1.165, 1.54) is 5.69 Å². The Hall–Kier alpha value is -1.26. The summed E-state index contributed by atoms with van der Waals surface area (Å²) in [5.74, 6) is 0.909. The van der Waals surface area contributed by atoms with E-state index in [9.17, 15) is 5.11 Å². The Labute approximate surface area is 122 Å². The molecule has 0 saturated carbocycles. The second-order valence-electron chi connectivity index (χ2n) is 6.29. The third kappa shape index (κ3) is 3.87. The maximum Gasteiger partial charge on any atom is 0.120 e. The van der Waals surface area contributed by atoms with Crippen LogP contribution in [0.2, 0.25) is 0 Å². The second-order valence-corrected chi connectivity index (χ2v) is 6.29. The zero-order valence-corrected chi connectivity index (χ0v) is 12.8. The van der Waals surface area contributed by atoms with Gasteiger partial charge in [-0.25, -0.2) is 0 Å². The molecule has 112 valence electrons. The van der Waals surface area contributed by atoms with Crippen LogP contribution in [0.1, 0.15) is 13.8 Å². The van der Waals surface area contributed by atoms with Gasteiger partial charge in [0.15, 0.2) is 0 Å². The molecule has 1 fully saturated rings. The van der Waals surface area contributed by atoms with E-state index < -0.39 is 0 Å². The molecule has 0 unspecified atom stereocenters. The van der Waals surface area contributed by atoms with E-state index in [1.54, 1.807) is 7.11 Å². The van der Waals surface area contributed by atoms with Gasteiger partial charge < -0.3 is 14.7 Å². The molecule has 1 aliphatic heterocycles. The number of ether oxygens (including phenoxy) is 1. The highest BCUT2D eigenvalue weighted by Gasteiger charge is 2.24. The Bertz CT molecular complexity index is 426. The molecular weight excluding hydrogens is 252 g/mol. The van der Waals surface area contributed by atoms with Gasteiger partial charge in [-0.05, 0) is 12.1 Å². The molecule has 1 aromatic carbocycles.